The third-order valence-corrected chi connectivity index (χ3v) is 7.22. The van der Waals surface area contributed by atoms with Crippen molar-refractivity contribution < 1.29 is 23.9 Å². The van der Waals surface area contributed by atoms with Gasteiger partial charge in [0, 0.05) is 56.8 Å². The maximum atomic E-state index is 13.2. The number of hydrogen-bond acceptors (Lipinski definition) is 6. The summed E-state index contributed by atoms with van der Waals surface area (Å²) in [6, 6.07) is 5.83. The van der Waals surface area contributed by atoms with Gasteiger partial charge < -0.3 is 24.3 Å². The molecule has 9 nitrogen and oxygen atoms in total. The van der Waals surface area contributed by atoms with Gasteiger partial charge in [0.05, 0.1) is 0 Å². The number of aromatic nitrogens is 2. The Hall–Kier alpha value is -3.36. The number of ketones is 1. The zero-order valence-corrected chi connectivity index (χ0v) is 19.4. The van der Waals surface area contributed by atoms with Crippen molar-refractivity contribution in [2.24, 2.45) is 13.0 Å². The number of amides is 2. The summed E-state index contributed by atoms with van der Waals surface area (Å²) in [7, 11) is 1.81. The van der Waals surface area contributed by atoms with Crippen LogP contribution in [-0.2, 0) is 23.1 Å². The van der Waals surface area contributed by atoms with E-state index in [1.54, 1.807) is 21.9 Å². The van der Waals surface area contributed by atoms with Crippen LogP contribution >= 0.6 is 0 Å². The lowest BCUT2D eigenvalue weighted by atomic mass is 9.84. The molecule has 180 valence electrons. The lowest BCUT2D eigenvalue weighted by Gasteiger charge is -2.34. The fraction of sp³-hybridized carbons (Fsp3) is 0.520. The Labute approximate surface area is 198 Å². The summed E-state index contributed by atoms with van der Waals surface area (Å²) in [5, 5.41) is 3.15. The van der Waals surface area contributed by atoms with E-state index in [2.05, 4.69) is 10.3 Å². The van der Waals surface area contributed by atoms with Crippen molar-refractivity contribution in [2.75, 3.05) is 19.9 Å². The minimum atomic E-state index is -0.460. The minimum absolute atomic E-state index is 0.00710. The summed E-state index contributed by atoms with van der Waals surface area (Å²) in [6.07, 6.45) is 7.60. The molecule has 3 aliphatic heterocycles. The zero-order chi connectivity index (χ0) is 23.7. The van der Waals surface area contributed by atoms with Gasteiger partial charge >= 0.3 is 0 Å². The lowest BCUT2D eigenvalue weighted by molar-refractivity contribution is -0.133. The molecule has 0 saturated carbocycles. The normalized spacial score (nSPS) is 23.7. The topological polar surface area (TPSA) is 103 Å². The molecule has 4 heterocycles. The van der Waals surface area contributed by atoms with Crippen molar-refractivity contribution in [1.29, 1.82) is 0 Å². The maximum Gasteiger partial charge on any atom is 0.231 e. The molecule has 0 aliphatic carbocycles. The highest BCUT2D eigenvalue weighted by atomic mass is 16.7. The number of piperidine rings is 1. The second-order valence-electron chi connectivity index (χ2n) is 9.60. The van der Waals surface area contributed by atoms with Crippen LogP contribution in [0.15, 0.2) is 30.6 Å². The molecule has 2 atom stereocenters. The number of Topliss-reactive ketones (excluding diaryl/α,β-unsaturated/α-hetero) is 1. The van der Waals surface area contributed by atoms with Crippen molar-refractivity contribution in [3.05, 3.63) is 42.0 Å². The van der Waals surface area contributed by atoms with E-state index in [4.69, 9.17) is 9.47 Å². The van der Waals surface area contributed by atoms with Gasteiger partial charge in [0.15, 0.2) is 17.3 Å². The van der Waals surface area contributed by atoms with Crippen LogP contribution in [-0.4, -0.2) is 57.5 Å². The van der Waals surface area contributed by atoms with Crippen LogP contribution in [0, 0.1) is 5.92 Å². The first-order valence-electron chi connectivity index (χ1n) is 11.9. The number of hydrogen-bond donors (Lipinski definition) is 1. The molecule has 2 fully saturated rings. The van der Waals surface area contributed by atoms with Gasteiger partial charge in [-0.2, -0.15) is 0 Å². The van der Waals surface area contributed by atoms with E-state index in [0.29, 0.717) is 56.8 Å². The van der Waals surface area contributed by atoms with Crippen LogP contribution < -0.4 is 14.8 Å². The predicted octanol–water partition coefficient (Wildman–Crippen LogP) is 2.24. The van der Waals surface area contributed by atoms with Crippen LogP contribution in [0.3, 0.4) is 0 Å². The number of benzene rings is 1. The Morgan fingerprint density at radius 3 is 2.88 bits per heavy atom. The largest absolute Gasteiger partial charge is 0.454 e. The van der Waals surface area contributed by atoms with Crippen molar-refractivity contribution >= 4 is 17.6 Å². The summed E-state index contributed by atoms with van der Waals surface area (Å²) in [5.41, 5.74) is 0.580. The number of nitrogens with zero attached hydrogens (tertiary/aromatic N) is 3. The quantitative estimate of drug-likeness (QED) is 0.628. The molecule has 1 N–H and O–H groups in total. The SMILES string of the molecule is Cn1ccnc1C(=O)[C@H]1CCCN(C(=O)CC[C@@]2(Cc3ccc4c(c3)OCO4)CCC(=O)N2)C1. The highest BCUT2D eigenvalue weighted by molar-refractivity contribution is 5.95. The smallest absolute Gasteiger partial charge is 0.231 e. The summed E-state index contributed by atoms with van der Waals surface area (Å²) < 4.78 is 12.6. The van der Waals surface area contributed by atoms with Crippen molar-refractivity contribution in [2.45, 2.75) is 50.5 Å². The average molecular weight is 467 g/mol. The molecular formula is C25H30N4O5. The first kappa shape index (κ1) is 22.4. The lowest BCUT2D eigenvalue weighted by Crippen LogP contribution is -2.46. The summed E-state index contributed by atoms with van der Waals surface area (Å²) >= 11 is 0. The number of rotatable bonds is 7. The fourth-order valence-corrected chi connectivity index (χ4v) is 5.33. The number of nitrogens with one attached hydrogen (secondary N) is 1. The van der Waals surface area contributed by atoms with Gasteiger partial charge in [0.25, 0.3) is 0 Å². The van der Waals surface area contributed by atoms with Crippen LogP contribution in [0.25, 0.3) is 0 Å². The predicted molar refractivity (Wildman–Crippen MR) is 122 cm³/mol. The molecule has 2 aromatic rings. The standard InChI is InChI=1S/C25H30N4O5/c1-28-12-10-26-24(28)23(32)18-3-2-11-29(15-18)22(31)7-9-25(8-6-21(30)27-25)14-17-4-5-19-20(13-17)34-16-33-19/h4-5,10,12-13,18H,2-3,6-9,11,14-16H2,1H3,(H,27,30)/t18-,25+/m0/s1. The first-order chi connectivity index (χ1) is 16.4. The molecule has 3 aliphatic rings. The number of carbonyl (C=O) groups is 3. The van der Waals surface area contributed by atoms with Gasteiger partial charge in [0.1, 0.15) is 0 Å². The maximum absolute atomic E-state index is 13.2. The summed E-state index contributed by atoms with van der Waals surface area (Å²) in [5.74, 6) is 1.69. The molecule has 2 saturated heterocycles. The van der Waals surface area contributed by atoms with E-state index in [0.717, 1.165) is 24.2 Å². The highest BCUT2D eigenvalue weighted by Crippen LogP contribution is 2.36. The fourth-order valence-electron chi connectivity index (χ4n) is 5.33. The molecule has 34 heavy (non-hydrogen) atoms. The first-order valence-corrected chi connectivity index (χ1v) is 11.9. The number of fused-ring (bicyclic) bond motifs is 1. The van der Waals surface area contributed by atoms with Crippen molar-refractivity contribution in [1.82, 2.24) is 19.8 Å². The van der Waals surface area contributed by atoms with E-state index in [9.17, 15) is 14.4 Å². The molecule has 9 heteroatoms. The molecule has 2 amide bonds. The highest BCUT2D eigenvalue weighted by Gasteiger charge is 2.39. The third-order valence-electron chi connectivity index (χ3n) is 7.22. The van der Waals surface area contributed by atoms with Crippen LogP contribution in [0.2, 0.25) is 0 Å². The number of carbonyl (C=O) groups excluding carboxylic acids is 3. The number of ether oxygens (including phenoxy) is 2. The Balaban J connectivity index is 1.23. The Morgan fingerprint density at radius 1 is 1.26 bits per heavy atom. The number of likely N-dealkylation sites (tertiary alicyclic amines) is 1. The Kier molecular flexibility index (Phi) is 6.02. The zero-order valence-electron chi connectivity index (χ0n) is 19.4. The molecule has 5 rings (SSSR count). The second kappa shape index (κ2) is 9.12. The van der Waals surface area contributed by atoms with Gasteiger partial charge in [-0.25, -0.2) is 4.98 Å². The van der Waals surface area contributed by atoms with Gasteiger partial charge in [-0.05, 0) is 49.8 Å². The second-order valence-corrected chi connectivity index (χ2v) is 9.60. The summed E-state index contributed by atoms with van der Waals surface area (Å²) in [6.45, 7) is 1.30. The summed E-state index contributed by atoms with van der Waals surface area (Å²) in [4.78, 5) is 44.2. The molecule has 0 radical (unpaired) electrons. The molecule has 0 unspecified atom stereocenters. The Bertz CT molecular complexity index is 1110. The Morgan fingerprint density at radius 2 is 2.12 bits per heavy atom. The molecular weight excluding hydrogens is 436 g/mol. The minimum Gasteiger partial charge on any atom is -0.454 e. The molecule has 1 aromatic carbocycles. The number of imidazole rings is 1. The van der Waals surface area contributed by atoms with Gasteiger partial charge in [-0.1, -0.05) is 6.07 Å². The van der Waals surface area contributed by atoms with Gasteiger partial charge in [-0.3, -0.25) is 14.4 Å². The van der Waals surface area contributed by atoms with E-state index < -0.39 is 5.54 Å². The van der Waals surface area contributed by atoms with E-state index in [1.165, 1.54) is 0 Å². The molecule has 0 bridgehead atoms. The van der Waals surface area contributed by atoms with Crippen LogP contribution in [0.4, 0.5) is 0 Å². The monoisotopic (exact) mass is 466 g/mol. The van der Waals surface area contributed by atoms with E-state index >= 15 is 0 Å². The molecule has 1 aromatic heterocycles. The average Bonchev–Trinajstić information content (AvgIpc) is 3.57. The van der Waals surface area contributed by atoms with Crippen molar-refractivity contribution in [3.63, 3.8) is 0 Å². The van der Waals surface area contributed by atoms with Crippen LogP contribution in [0.1, 0.15) is 54.7 Å². The van der Waals surface area contributed by atoms with E-state index in [1.807, 2.05) is 25.2 Å². The third kappa shape index (κ3) is 4.51. The number of aryl methyl sites for hydroxylation is 1. The molecule has 0 spiro atoms. The van der Waals surface area contributed by atoms with Crippen molar-refractivity contribution in [3.8, 4) is 11.5 Å². The van der Waals surface area contributed by atoms with E-state index in [-0.39, 0.29) is 30.3 Å². The van der Waals surface area contributed by atoms with Gasteiger partial charge in [0.2, 0.25) is 24.4 Å². The van der Waals surface area contributed by atoms with Crippen LogP contribution in [0.5, 0.6) is 11.5 Å². The van der Waals surface area contributed by atoms with Gasteiger partial charge in [-0.15, -0.1) is 0 Å².